The molecule has 21 heavy (non-hydrogen) atoms. The van der Waals surface area contributed by atoms with Gasteiger partial charge in [-0.3, -0.25) is 0 Å². The number of ether oxygens (including phenoxy) is 1. The fourth-order valence-electron chi connectivity index (χ4n) is 2.48. The van der Waals surface area contributed by atoms with Crippen LogP contribution in [0, 0.1) is 5.82 Å². The lowest BCUT2D eigenvalue weighted by Gasteiger charge is -2.19. The second-order valence-electron chi connectivity index (χ2n) is 5.32. The lowest BCUT2D eigenvalue weighted by atomic mass is 10.2. The van der Waals surface area contributed by atoms with Gasteiger partial charge < -0.3 is 20.3 Å². The van der Waals surface area contributed by atoms with Crippen LogP contribution in [0.1, 0.15) is 19.8 Å². The molecule has 1 atom stereocenters. The number of nitrogens with one attached hydrogen (secondary N) is 2. The quantitative estimate of drug-likeness (QED) is 0.878. The fourth-order valence-corrected chi connectivity index (χ4v) is 2.48. The molecule has 0 radical (unpaired) electrons. The maximum atomic E-state index is 14.1. The minimum Gasteiger partial charge on any atom is -0.383 e. The molecule has 2 rings (SSSR count). The summed E-state index contributed by atoms with van der Waals surface area (Å²) >= 11 is 0. The highest BCUT2D eigenvalue weighted by molar-refractivity contribution is 5.89. The second kappa shape index (κ2) is 7.26. The largest absolute Gasteiger partial charge is 0.383 e. The van der Waals surface area contributed by atoms with E-state index >= 15 is 0 Å². The van der Waals surface area contributed by atoms with E-state index in [0.717, 1.165) is 25.9 Å². The second-order valence-corrected chi connectivity index (χ2v) is 5.32. The molecule has 1 aromatic rings. The lowest BCUT2D eigenvalue weighted by molar-refractivity contribution is 0.173. The summed E-state index contributed by atoms with van der Waals surface area (Å²) in [7, 11) is 1.57. The highest BCUT2D eigenvalue weighted by atomic mass is 19.1. The van der Waals surface area contributed by atoms with Crippen molar-refractivity contribution in [2.45, 2.75) is 25.8 Å². The van der Waals surface area contributed by atoms with Crippen molar-refractivity contribution in [3.05, 3.63) is 24.0 Å². The maximum Gasteiger partial charge on any atom is 0.319 e. The van der Waals surface area contributed by atoms with Crippen LogP contribution in [0.5, 0.6) is 0 Å². The summed E-state index contributed by atoms with van der Waals surface area (Å²) in [5, 5.41) is 5.34. The van der Waals surface area contributed by atoms with Crippen LogP contribution in [0.3, 0.4) is 0 Å². The van der Waals surface area contributed by atoms with Gasteiger partial charge in [0.05, 0.1) is 18.3 Å². The Balaban J connectivity index is 1.95. The molecule has 0 spiro atoms. The predicted octanol–water partition coefficient (Wildman–Crippen LogP) is 2.58. The first kappa shape index (κ1) is 15.6. The van der Waals surface area contributed by atoms with Crippen LogP contribution < -0.4 is 15.5 Å². The van der Waals surface area contributed by atoms with Crippen LogP contribution in [0.2, 0.25) is 0 Å². The molecule has 2 N–H and O–H groups in total. The van der Waals surface area contributed by atoms with Gasteiger partial charge in [0.15, 0.2) is 0 Å². The van der Waals surface area contributed by atoms with Gasteiger partial charge in [0.1, 0.15) is 5.82 Å². The molecule has 6 heteroatoms. The number of hydrogen-bond donors (Lipinski definition) is 2. The molecule has 1 aromatic carbocycles. The van der Waals surface area contributed by atoms with Crippen LogP contribution in [0.4, 0.5) is 20.6 Å². The number of urea groups is 1. The smallest absolute Gasteiger partial charge is 0.319 e. The average Bonchev–Trinajstić information content (AvgIpc) is 2.92. The third kappa shape index (κ3) is 4.32. The zero-order chi connectivity index (χ0) is 15.2. The number of rotatable bonds is 5. The Kier molecular flexibility index (Phi) is 5.38. The summed E-state index contributed by atoms with van der Waals surface area (Å²) in [6, 6.07) is 4.32. The third-order valence-electron chi connectivity index (χ3n) is 3.45. The van der Waals surface area contributed by atoms with Gasteiger partial charge in [-0.1, -0.05) is 0 Å². The van der Waals surface area contributed by atoms with Gasteiger partial charge in [0.25, 0.3) is 0 Å². The standard InChI is InChI=1S/C15H22FN3O2/c1-11(10-21-2)17-15(20)18-12-5-6-14(13(16)9-12)19-7-3-4-8-19/h5-6,9,11H,3-4,7-8,10H2,1-2H3,(H2,17,18,20). The first-order chi connectivity index (χ1) is 10.1. The molecule has 1 fully saturated rings. The van der Waals surface area contributed by atoms with Crippen LogP contribution >= 0.6 is 0 Å². The fraction of sp³-hybridized carbons (Fsp3) is 0.533. The van der Waals surface area contributed by atoms with E-state index in [1.54, 1.807) is 19.2 Å². The zero-order valence-electron chi connectivity index (χ0n) is 12.5. The van der Waals surface area contributed by atoms with Crippen molar-refractivity contribution >= 4 is 17.4 Å². The Bertz CT molecular complexity index is 490. The Hall–Kier alpha value is -1.82. The van der Waals surface area contributed by atoms with Gasteiger partial charge in [-0.25, -0.2) is 9.18 Å². The molecule has 1 saturated heterocycles. The zero-order valence-corrected chi connectivity index (χ0v) is 12.5. The predicted molar refractivity (Wildman–Crippen MR) is 81.3 cm³/mol. The highest BCUT2D eigenvalue weighted by Crippen LogP contribution is 2.25. The van der Waals surface area contributed by atoms with E-state index in [1.807, 2.05) is 11.8 Å². The molecule has 1 heterocycles. The molecule has 0 aliphatic carbocycles. The van der Waals surface area contributed by atoms with E-state index < -0.39 is 0 Å². The summed E-state index contributed by atoms with van der Waals surface area (Å²) in [4.78, 5) is 13.8. The van der Waals surface area contributed by atoms with Gasteiger partial charge in [-0.15, -0.1) is 0 Å². The van der Waals surface area contributed by atoms with E-state index in [2.05, 4.69) is 10.6 Å². The molecule has 0 bridgehead atoms. The number of halogens is 1. The number of carbonyl (C=O) groups is 1. The van der Waals surface area contributed by atoms with Gasteiger partial charge in [0.2, 0.25) is 0 Å². The van der Waals surface area contributed by atoms with Gasteiger partial charge >= 0.3 is 6.03 Å². The monoisotopic (exact) mass is 295 g/mol. The minimum absolute atomic E-state index is 0.108. The number of benzene rings is 1. The van der Waals surface area contributed by atoms with E-state index in [1.165, 1.54) is 6.07 Å². The molecule has 0 aromatic heterocycles. The lowest BCUT2D eigenvalue weighted by Crippen LogP contribution is -2.38. The normalized spacial score (nSPS) is 15.9. The average molecular weight is 295 g/mol. The molecular formula is C15H22FN3O2. The molecule has 1 aliphatic rings. The van der Waals surface area contributed by atoms with Crippen LogP contribution in [-0.2, 0) is 4.74 Å². The van der Waals surface area contributed by atoms with Crippen molar-refractivity contribution in [2.75, 3.05) is 37.0 Å². The molecule has 0 saturated carbocycles. The number of methoxy groups -OCH3 is 1. The first-order valence-electron chi connectivity index (χ1n) is 7.21. The van der Waals surface area contributed by atoms with E-state index in [9.17, 15) is 9.18 Å². The summed E-state index contributed by atoms with van der Waals surface area (Å²) < 4.78 is 19.0. The van der Waals surface area contributed by atoms with Gasteiger partial charge in [-0.2, -0.15) is 0 Å². The van der Waals surface area contributed by atoms with Crippen LogP contribution in [0.25, 0.3) is 0 Å². The summed E-state index contributed by atoms with van der Waals surface area (Å²) in [6.07, 6.45) is 2.19. The molecular weight excluding hydrogens is 273 g/mol. The topological polar surface area (TPSA) is 53.6 Å². The Labute approximate surface area is 124 Å². The van der Waals surface area contributed by atoms with Crippen LogP contribution in [0.15, 0.2) is 18.2 Å². The number of hydrogen-bond acceptors (Lipinski definition) is 3. The maximum absolute atomic E-state index is 14.1. The summed E-state index contributed by atoms with van der Waals surface area (Å²) in [5.74, 6) is -0.306. The van der Waals surface area contributed by atoms with Gasteiger partial charge in [-0.05, 0) is 38.0 Å². The highest BCUT2D eigenvalue weighted by Gasteiger charge is 2.16. The third-order valence-corrected chi connectivity index (χ3v) is 3.45. The van der Waals surface area contributed by atoms with Crippen molar-refractivity contribution in [1.29, 1.82) is 0 Å². The van der Waals surface area contributed by atoms with E-state index in [-0.39, 0.29) is 17.9 Å². The summed E-state index contributed by atoms with van der Waals surface area (Å²) in [6.45, 7) is 4.03. The molecule has 1 unspecified atom stereocenters. The number of carbonyl (C=O) groups excluding carboxylic acids is 1. The first-order valence-corrected chi connectivity index (χ1v) is 7.21. The van der Waals surface area contributed by atoms with Gasteiger partial charge in [0, 0.05) is 25.9 Å². The SMILES string of the molecule is COCC(C)NC(=O)Nc1ccc(N2CCCC2)c(F)c1. The number of amides is 2. The Morgan fingerprint density at radius 1 is 1.43 bits per heavy atom. The van der Waals surface area contributed by atoms with Crippen molar-refractivity contribution in [2.24, 2.45) is 0 Å². The number of anilines is 2. The van der Waals surface area contributed by atoms with Crippen molar-refractivity contribution in [1.82, 2.24) is 5.32 Å². The molecule has 5 nitrogen and oxygen atoms in total. The van der Waals surface area contributed by atoms with Crippen molar-refractivity contribution in [3.8, 4) is 0 Å². The molecule has 1 aliphatic heterocycles. The van der Waals surface area contributed by atoms with E-state index in [0.29, 0.717) is 18.0 Å². The number of nitrogens with zero attached hydrogens (tertiary/aromatic N) is 1. The summed E-state index contributed by atoms with van der Waals surface area (Å²) in [5.41, 5.74) is 1.05. The van der Waals surface area contributed by atoms with Crippen molar-refractivity contribution in [3.63, 3.8) is 0 Å². The van der Waals surface area contributed by atoms with Crippen molar-refractivity contribution < 1.29 is 13.9 Å². The van der Waals surface area contributed by atoms with E-state index in [4.69, 9.17) is 4.74 Å². The molecule has 2 amide bonds. The Morgan fingerprint density at radius 2 is 2.14 bits per heavy atom. The molecule has 116 valence electrons. The van der Waals surface area contributed by atoms with Crippen LogP contribution in [-0.4, -0.2) is 38.9 Å². The minimum atomic E-state index is -0.368. The Morgan fingerprint density at radius 3 is 2.76 bits per heavy atom.